The fraction of sp³-hybridized carbons (Fsp3) is 0.176. The van der Waals surface area contributed by atoms with Crippen molar-refractivity contribution in [3.05, 3.63) is 52.5 Å². The zero-order chi connectivity index (χ0) is 19.6. The Bertz CT molecular complexity index is 992. The van der Waals surface area contributed by atoms with Crippen LogP contribution in [-0.2, 0) is 25.4 Å². The minimum Gasteiger partial charge on any atom is -0.482 e. The van der Waals surface area contributed by atoms with Crippen molar-refractivity contribution in [2.45, 2.75) is 5.75 Å². The number of primary sulfonamides is 1. The number of nitrogens with one attached hydrogen (secondary N) is 1. The molecular weight excluding hydrogens is 438 g/mol. The molecular formula is C17H16BrN3O5S. The molecule has 1 heterocycles. The van der Waals surface area contributed by atoms with Crippen LogP contribution in [0.15, 0.2) is 46.9 Å². The Kier molecular flexibility index (Phi) is 5.49. The summed E-state index contributed by atoms with van der Waals surface area (Å²) >= 11 is 3.34. The number of benzene rings is 2. The molecule has 0 saturated heterocycles. The molecule has 1 aliphatic heterocycles. The van der Waals surface area contributed by atoms with Gasteiger partial charge in [0.25, 0.3) is 5.91 Å². The summed E-state index contributed by atoms with van der Waals surface area (Å²) in [5, 5.41) is 7.68. The van der Waals surface area contributed by atoms with Crippen LogP contribution in [-0.4, -0.2) is 33.4 Å². The van der Waals surface area contributed by atoms with Crippen molar-refractivity contribution >= 4 is 49.1 Å². The lowest BCUT2D eigenvalue weighted by Gasteiger charge is -2.29. The Labute approximate surface area is 164 Å². The first-order chi connectivity index (χ1) is 12.7. The van der Waals surface area contributed by atoms with Crippen LogP contribution >= 0.6 is 15.9 Å². The Morgan fingerprint density at radius 1 is 1.22 bits per heavy atom. The highest BCUT2D eigenvalue weighted by Gasteiger charge is 2.27. The van der Waals surface area contributed by atoms with Gasteiger partial charge < -0.3 is 10.1 Å². The molecule has 10 heteroatoms. The van der Waals surface area contributed by atoms with Gasteiger partial charge in [-0.2, -0.15) is 0 Å². The molecule has 0 aliphatic carbocycles. The fourth-order valence-electron chi connectivity index (χ4n) is 2.61. The highest BCUT2D eigenvalue weighted by atomic mass is 79.9. The average Bonchev–Trinajstić information content (AvgIpc) is 2.58. The summed E-state index contributed by atoms with van der Waals surface area (Å²) in [6, 6.07) is 11.5. The highest BCUT2D eigenvalue weighted by Crippen LogP contribution is 2.34. The Morgan fingerprint density at radius 3 is 2.59 bits per heavy atom. The van der Waals surface area contributed by atoms with Crippen molar-refractivity contribution < 1.29 is 22.7 Å². The summed E-state index contributed by atoms with van der Waals surface area (Å²) in [6.07, 6.45) is 0. The lowest BCUT2D eigenvalue weighted by Crippen LogP contribution is -2.43. The summed E-state index contributed by atoms with van der Waals surface area (Å²) in [5.74, 6) is -0.471. The second kappa shape index (κ2) is 7.67. The van der Waals surface area contributed by atoms with Crippen molar-refractivity contribution in [1.29, 1.82) is 0 Å². The molecule has 142 valence electrons. The lowest BCUT2D eigenvalue weighted by atomic mass is 10.2. The quantitative estimate of drug-likeness (QED) is 0.712. The molecule has 3 rings (SSSR count). The maximum Gasteiger partial charge on any atom is 0.265 e. The van der Waals surface area contributed by atoms with E-state index < -0.39 is 15.9 Å². The van der Waals surface area contributed by atoms with E-state index in [1.165, 1.54) is 4.90 Å². The number of nitrogens with two attached hydrogens (primary N) is 1. The molecule has 2 aromatic rings. The molecule has 0 fully saturated rings. The highest BCUT2D eigenvalue weighted by molar-refractivity contribution is 9.10. The van der Waals surface area contributed by atoms with Gasteiger partial charge in [-0.1, -0.05) is 28.1 Å². The second-order valence-corrected chi connectivity index (χ2v) is 8.46. The standard InChI is InChI=1S/C17H16BrN3O5S/c18-12-3-6-14-15(7-12)26-9-17(23)21(14)8-16(22)20-13-4-1-11(2-5-13)10-27(19,24)25/h1-7H,8-10H2,(H,20,22)(H2,19,24,25). The summed E-state index contributed by atoms with van der Waals surface area (Å²) in [4.78, 5) is 25.9. The Hall–Kier alpha value is -2.43. The molecule has 3 N–H and O–H groups in total. The van der Waals surface area contributed by atoms with Gasteiger partial charge in [0.2, 0.25) is 15.9 Å². The Morgan fingerprint density at radius 2 is 1.93 bits per heavy atom. The smallest absolute Gasteiger partial charge is 0.265 e. The van der Waals surface area contributed by atoms with Gasteiger partial charge in [-0.05, 0) is 35.9 Å². The summed E-state index contributed by atoms with van der Waals surface area (Å²) < 4.78 is 28.4. The number of fused-ring (bicyclic) bond motifs is 1. The molecule has 0 saturated carbocycles. The van der Waals surface area contributed by atoms with E-state index in [1.807, 2.05) is 0 Å². The van der Waals surface area contributed by atoms with E-state index in [0.717, 1.165) is 4.47 Å². The largest absolute Gasteiger partial charge is 0.482 e. The number of hydrogen-bond acceptors (Lipinski definition) is 5. The third-order valence-electron chi connectivity index (χ3n) is 3.77. The number of carbonyl (C=O) groups is 2. The number of nitrogens with zero attached hydrogens (tertiary/aromatic N) is 1. The van der Waals surface area contributed by atoms with Crippen LogP contribution in [0, 0.1) is 0 Å². The van der Waals surface area contributed by atoms with Crippen molar-refractivity contribution in [2.24, 2.45) is 5.14 Å². The molecule has 0 radical (unpaired) electrons. The van der Waals surface area contributed by atoms with E-state index in [1.54, 1.807) is 42.5 Å². The summed E-state index contributed by atoms with van der Waals surface area (Å²) in [5.41, 5.74) is 1.52. The number of anilines is 2. The monoisotopic (exact) mass is 453 g/mol. The van der Waals surface area contributed by atoms with Gasteiger partial charge >= 0.3 is 0 Å². The van der Waals surface area contributed by atoms with Gasteiger partial charge in [-0.3, -0.25) is 14.5 Å². The van der Waals surface area contributed by atoms with E-state index in [9.17, 15) is 18.0 Å². The topological polar surface area (TPSA) is 119 Å². The zero-order valence-corrected chi connectivity index (χ0v) is 16.4. The molecule has 1 aliphatic rings. The molecule has 8 nitrogen and oxygen atoms in total. The molecule has 0 spiro atoms. The molecule has 0 unspecified atom stereocenters. The third kappa shape index (κ3) is 5.06. The molecule has 27 heavy (non-hydrogen) atoms. The van der Waals surface area contributed by atoms with Crippen LogP contribution in [0.5, 0.6) is 5.75 Å². The predicted octanol–water partition coefficient (Wildman–Crippen LogP) is 1.60. The maximum atomic E-state index is 12.3. The average molecular weight is 454 g/mol. The summed E-state index contributed by atoms with van der Waals surface area (Å²) in [6.45, 7) is -0.311. The molecule has 0 atom stereocenters. The predicted molar refractivity (Wildman–Crippen MR) is 104 cm³/mol. The number of carbonyl (C=O) groups excluding carboxylic acids is 2. The summed E-state index contributed by atoms with van der Waals surface area (Å²) in [7, 11) is -3.62. The van der Waals surface area contributed by atoms with Gasteiger partial charge in [0.05, 0.1) is 11.4 Å². The van der Waals surface area contributed by atoms with Crippen molar-refractivity contribution in [3.8, 4) is 5.75 Å². The molecule has 2 amide bonds. The van der Waals surface area contributed by atoms with E-state index in [2.05, 4.69) is 21.2 Å². The fourth-order valence-corrected chi connectivity index (χ4v) is 3.61. The van der Waals surface area contributed by atoms with E-state index in [4.69, 9.17) is 9.88 Å². The number of hydrogen-bond donors (Lipinski definition) is 2. The molecule has 0 bridgehead atoms. The van der Waals surface area contributed by atoms with Gasteiger partial charge in [0, 0.05) is 10.2 Å². The molecule has 2 aromatic carbocycles. The van der Waals surface area contributed by atoms with Crippen LogP contribution in [0.1, 0.15) is 5.56 Å². The number of amides is 2. The first-order valence-corrected chi connectivity index (χ1v) is 10.3. The van der Waals surface area contributed by atoms with E-state index in [-0.39, 0.29) is 24.8 Å². The number of ether oxygens (including phenoxy) is 1. The SMILES string of the molecule is NS(=O)(=O)Cc1ccc(NC(=O)CN2C(=O)COc3cc(Br)ccc32)cc1. The number of rotatable bonds is 5. The van der Waals surface area contributed by atoms with E-state index >= 15 is 0 Å². The van der Waals surface area contributed by atoms with Gasteiger partial charge in [-0.25, -0.2) is 13.6 Å². The van der Waals surface area contributed by atoms with Crippen LogP contribution in [0.3, 0.4) is 0 Å². The lowest BCUT2D eigenvalue weighted by molar-refractivity contribution is -0.123. The minimum absolute atomic E-state index is 0.140. The van der Waals surface area contributed by atoms with Gasteiger partial charge in [0.1, 0.15) is 12.3 Å². The Balaban J connectivity index is 1.68. The van der Waals surface area contributed by atoms with Crippen molar-refractivity contribution in [3.63, 3.8) is 0 Å². The van der Waals surface area contributed by atoms with Crippen LogP contribution in [0.4, 0.5) is 11.4 Å². The van der Waals surface area contributed by atoms with Gasteiger partial charge in [0.15, 0.2) is 6.61 Å². The second-order valence-electron chi connectivity index (χ2n) is 5.93. The van der Waals surface area contributed by atoms with Gasteiger partial charge in [-0.15, -0.1) is 0 Å². The van der Waals surface area contributed by atoms with Crippen LogP contribution < -0.4 is 20.1 Å². The van der Waals surface area contributed by atoms with Crippen molar-refractivity contribution in [1.82, 2.24) is 0 Å². The molecule has 0 aromatic heterocycles. The van der Waals surface area contributed by atoms with Crippen LogP contribution in [0.25, 0.3) is 0 Å². The third-order valence-corrected chi connectivity index (χ3v) is 5.00. The minimum atomic E-state index is -3.62. The number of sulfonamides is 1. The maximum absolute atomic E-state index is 12.3. The van der Waals surface area contributed by atoms with Crippen LogP contribution in [0.2, 0.25) is 0 Å². The normalized spacial score (nSPS) is 13.7. The van der Waals surface area contributed by atoms with E-state index in [0.29, 0.717) is 22.7 Å². The van der Waals surface area contributed by atoms with Crippen molar-refractivity contribution in [2.75, 3.05) is 23.4 Å². The number of halogens is 1. The zero-order valence-electron chi connectivity index (χ0n) is 14.0. The first kappa shape index (κ1) is 19.3. The first-order valence-electron chi connectivity index (χ1n) is 7.83.